The smallest absolute Gasteiger partial charge is 0.111 e. The van der Waals surface area contributed by atoms with Gasteiger partial charge in [-0.25, -0.2) is 4.98 Å². The van der Waals surface area contributed by atoms with Gasteiger partial charge in [-0.15, -0.1) is 0 Å². The first kappa shape index (κ1) is 12.6. The quantitative estimate of drug-likeness (QED) is 0.873. The second-order valence-corrected chi connectivity index (χ2v) is 5.89. The lowest BCUT2D eigenvalue weighted by Gasteiger charge is -2.25. The van der Waals surface area contributed by atoms with Crippen LogP contribution in [0, 0.1) is 5.41 Å². The predicted octanol–water partition coefficient (Wildman–Crippen LogP) is 1.98. The summed E-state index contributed by atoms with van der Waals surface area (Å²) in [6.07, 6.45) is 5.15. The number of rotatable bonds is 3. The largest absolute Gasteiger partial charge is 0.369 e. The highest BCUT2D eigenvalue weighted by molar-refractivity contribution is 5.04. The van der Waals surface area contributed by atoms with Crippen molar-refractivity contribution in [1.82, 2.24) is 14.9 Å². The molecule has 1 saturated heterocycles. The van der Waals surface area contributed by atoms with Gasteiger partial charge < -0.3 is 14.6 Å². The van der Waals surface area contributed by atoms with E-state index in [1.54, 1.807) is 0 Å². The highest BCUT2D eigenvalue weighted by Crippen LogP contribution is 2.23. The molecule has 0 radical (unpaired) electrons. The van der Waals surface area contributed by atoms with Gasteiger partial charge in [0.25, 0.3) is 0 Å². The summed E-state index contributed by atoms with van der Waals surface area (Å²) in [5, 5.41) is 3.36. The van der Waals surface area contributed by atoms with Gasteiger partial charge in [0.15, 0.2) is 0 Å². The third-order valence-corrected chi connectivity index (χ3v) is 3.10. The van der Waals surface area contributed by atoms with Crippen LogP contribution in [-0.4, -0.2) is 29.2 Å². The minimum absolute atomic E-state index is 0.159. The molecule has 0 spiro atoms. The van der Waals surface area contributed by atoms with Gasteiger partial charge in [-0.3, -0.25) is 0 Å². The zero-order chi connectivity index (χ0) is 12.3. The predicted molar refractivity (Wildman–Crippen MR) is 67.9 cm³/mol. The van der Waals surface area contributed by atoms with Crippen molar-refractivity contribution in [3.8, 4) is 0 Å². The molecule has 2 heterocycles. The number of aryl methyl sites for hydroxylation is 1. The fraction of sp³-hybridized carbons (Fsp3) is 0.769. The van der Waals surface area contributed by atoms with Crippen LogP contribution < -0.4 is 5.32 Å². The standard InChI is InChI=1S/C13H23N3O/c1-13(2,3)4-6-16-10-15-8-11(16)12-9-14-5-7-17-12/h8,10,12,14H,4-7,9H2,1-3H3. The Labute approximate surface area is 103 Å². The molecule has 1 N–H and O–H groups in total. The van der Waals surface area contributed by atoms with Crippen molar-refractivity contribution in [3.05, 3.63) is 18.2 Å². The first-order valence-electron chi connectivity index (χ1n) is 6.39. The minimum Gasteiger partial charge on any atom is -0.369 e. The monoisotopic (exact) mass is 237 g/mol. The summed E-state index contributed by atoms with van der Waals surface area (Å²) in [6, 6.07) is 0. The highest BCUT2D eigenvalue weighted by atomic mass is 16.5. The van der Waals surface area contributed by atoms with Crippen molar-refractivity contribution in [2.75, 3.05) is 19.7 Å². The van der Waals surface area contributed by atoms with Crippen LogP contribution in [0.15, 0.2) is 12.5 Å². The summed E-state index contributed by atoms with van der Waals surface area (Å²) >= 11 is 0. The fourth-order valence-corrected chi connectivity index (χ4v) is 2.00. The molecule has 17 heavy (non-hydrogen) atoms. The fourth-order valence-electron chi connectivity index (χ4n) is 2.00. The molecule has 4 heteroatoms. The Kier molecular flexibility index (Phi) is 3.84. The molecule has 0 aromatic carbocycles. The average Bonchev–Trinajstić information content (AvgIpc) is 2.75. The van der Waals surface area contributed by atoms with Crippen LogP contribution in [0.4, 0.5) is 0 Å². The highest BCUT2D eigenvalue weighted by Gasteiger charge is 2.20. The number of morpholine rings is 1. The van der Waals surface area contributed by atoms with Crippen LogP contribution in [-0.2, 0) is 11.3 Å². The Balaban J connectivity index is 2.00. The number of imidazole rings is 1. The Morgan fingerprint density at radius 1 is 1.53 bits per heavy atom. The maximum Gasteiger partial charge on any atom is 0.111 e. The van der Waals surface area contributed by atoms with Crippen molar-refractivity contribution in [1.29, 1.82) is 0 Å². The van der Waals surface area contributed by atoms with Crippen molar-refractivity contribution >= 4 is 0 Å². The Bertz CT molecular complexity index is 348. The van der Waals surface area contributed by atoms with E-state index in [4.69, 9.17) is 4.74 Å². The topological polar surface area (TPSA) is 39.1 Å². The minimum atomic E-state index is 0.159. The number of nitrogens with one attached hydrogen (secondary N) is 1. The van der Waals surface area contributed by atoms with Crippen LogP contribution in [0.2, 0.25) is 0 Å². The van der Waals surface area contributed by atoms with Gasteiger partial charge in [0.05, 0.1) is 24.8 Å². The summed E-state index contributed by atoms with van der Waals surface area (Å²) in [5.74, 6) is 0. The molecule has 1 aromatic rings. The first-order valence-corrected chi connectivity index (χ1v) is 6.39. The number of hydrogen-bond donors (Lipinski definition) is 1. The second-order valence-electron chi connectivity index (χ2n) is 5.89. The zero-order valence-electron chi connectivity index (χ0n) is 11.1. The van der Waals surface area contributed by atoms with Crippen LogP contribution in [0.3, 0.4) is 0 Å². The molecule has 0 amide bonds. The Morgan fingerprint density at radius 2 is 2.35 bits per heavy atom. The lowest BCUT2D eigenvalue weighted by atomic mass is 9.92. The van der Waals surface area contributed by atoms with Gasteiger partial charge in [-0.1, -0.05) is 20.8 Å². The summed E-state index contributed by atoms with van der Waals surface area (Å²) in [7, 11) is 0. The van der Waals surface area contributed by atoms with Gasteiger partial charge in [0.1, 0.15) is 6.10 Å². The number of nitrogens with zero attached hydrogens (tertiary/aromatic N) is 2. The summed E-state index contributed by atoms with van der Waals surface area (Å²) in [4.78, 5) is 4.25. The molecule has 0 saturated carbocycles. The van der Waals surface area contributed by atoms with Crippen LogP contribution in [0.25, 0.3) is 0 Å². The van der Waals surface area contributed by atoms with E-state index in [2.05, 4.69) is 35.6 Å². The van der Waals surface area contributed by atoms with E-state index in [1.807, 2.05) is 12.5 Å². The van der Waals surface area contributed by atoms with Crippen molar-refractivity contribution < 1.29 is 4.74 Å². The van der Waals surface area contributed by atoms with E-state index in [-0.39, 0.29) is 6.10 Å². The van der Waals surface area contributed by atoms with E-state index in [0.717, 1.165) is 32.7 Å². The number of ether oxygens (including phenoxy) is 1. The molecular weight excluding hydrogens is 214 g/mol. The second kappa shape index (κ2) is 5.19. The van der Waals surface area contributed by atoms with E-state index in [9.17, 15) is 0 Å². The maximum absolute atomic E-state index is 5.77. The molecule has 1 unspecified atom stereocenters. The molecule has 1 aliphatic heterocycles. The number of aromatic nitrogens is 2. The van der Waals surface area contributed by atoms with Gasteiger partial charge in [0, 0.05) is 19.6 Å². The Hall–Kier alpha value is -0.870. The van der Waals surface area contributed by atoms with Gasteiger partial charge in [0.2, 0.25) is 0 Å². The molecule has 1 aromatic heterocycles. The molecule has 1 aliphatic rings. The normalized spacial score (nSPS) is 21.7. The van der Waals surface area contributed by atoms with E-state index in [1.165, 1.54) is 5.69 Å². The molecule has 0 bridgehead atoms. The lowest BCUT2D eigenvalue weighted by Crippen LogP contribution is -2.34. The molecule has 4 nitrogen and oxygen atoms in total. The molecule has 1 atom stereocenters. The SMILES string of the molecule is CC(C)(C)CCn1cncc1C1CNCCO1. The van der Waals surface area contributed by atoms with Crippen molar-refractivity contribution in [2.45, 2.75) is 39.8 Å². The van der Waals surface area contributed by atoms with E-state index < -0.39 is 0 Å². The summed E-state index contributed by atoms with van der Waals surface area (Å²) < 4.78 is 8.00. The third-order valence-electron chi connectivity index (χ3n) is 3.10. The van der Waals surface area contributed by atoms with Crippen molar-refractivity contribution in [2.24, 2.45) is 5.41 Å². The van der Waals surface area contributed by atoms with E-state index in [0.29, 0.717) is 5.41 Å². The van der Waals surface area contributed by atoms with Crippen molar-refractivity contribution in [3.63, 3.8) is 0 Å². The van der Waals surface area contributed by atoms with Crippen LogP contribution >= 0.6 is 0 Å². The molecule has 96 valence electrons. The third kappa shape index (κ3) is 3.54. The number of hydrogen-bond acceptors (Lipinski definition) is 3. The lowest BCUT2D eigenvalue weighted by molar-refractivity contribution is 0.0225. The molecular formula is C13H23N3O. The molecule has 2 rings (SSSR count). The average molecular weight is 237 g/mol. The van der Waals surface area contributed by atoms with Gasteiger partial charge in [-0.05, 0) is 11.8 Å². The van der Waals surface area contributed by atoms with E-state index >= 15 is 0 Å². The molecule has 1 fully saturated rings. The van der Waals surface area contributed by atoms with Gasteiger partial charge >= 0.3 is 0 Å². The summed E-state index contributed by atoms with van der Waals surface area (Å²) in [6.45, 7) is 10.4. The Morgan fingerprint density at radius 3 is 3.00 bits per heavy atom. The van der Waals surface area contributed by atoms with Crippen LogP contribution in [0.1, 0.15) is 39.0 Å². The first-order chi connectivity index (χ1) is 8.06. The summed E-state index contributed by atoms with van der Waals surface area (Å²) in [5.41, 5.74) is 1.55. The van der Waals surface area contributed by atoms with Gasteiger partial charge in [-0.2, -0.15) is 0 Å². The zero-order valence-corrected chi connectivity index (χ0v) is 11.1. The molecule has 0 aliphatic carbocycles. The maximum atomic E-state index is 5.77. The van der Waals surface area contributed by atoms with Crippen LogP contribution in [0.5, 0.6) is 0 Å².